The average molecular weight is 544 g/mol. The molecule has 0 saturated heterocycles. The number of imidazole rings is 1. The van der Waals surface area contributed by atoms with Crippen molar-refractivity contribution >= 4 is 0 Å². The van der Waals surface area contributed by atoms with E-state index >= 15 is 0 Å². The fraction of sp³-hybridized carbons (Fsp3) is 0.919. The van der Waals surface area contributed by atoms with Crippen molar-refractivity contribution in [2.45, 2.75) is 219 Å². The summed E-state index contributed by atoms with van der Waals surface area (Å²) < 4.78 is 0. The van der Waals surface area contributed by atoms with Gasteiger partial charge in [-0.3, -0.25) is 0 Å². The van der Waals surface area contributed by atoms with E-state index < -0.39 is 0 Å². The second kappa shape index (κ2) is 30.2. The number of hydrogen-bond donors (Lipinski definition) is 0. The molecule has 1 aromatic rings. The number of rotatable bonds is 32. The zero-order valence-corrected chi connectivity index (χ0v) is 27.1. The quantitative estimate of drug-likeness (QED) is 0.0845. The highest BCUT2D eigenvalue weighted by Crippen LogP contribution is 2.17. The Bertz CT molecular complexity index is 529. The van der Waals surface area contributed by atoms with Crippen molar-refractivity contribution in [2.75, 3.05) is 0 Å². The molecule has 1 heterocycles. The predicted octanol–water partition coefficient (Wildman–Crippen LogP) is 12.9. The minimum Gasteiger partial charge on any atom is -0.447 e. The second-order valence-corrected chi connectivity index (χ2v) is 12.7. The van der Waals surface area contributed by atoms with E-state index in [1.807, 2.05) is 0 Å². The van der Waals surface area contributed by atoms with Crippen LogP contribution in [0, 0.1) is 0 Å². The van der Waals surface area contributed by atoms with Gasteiger partial charge in [0.2, 0.25) is 0 Å². The minimum atomic E-state index is 1.15. The molecule has 230 valence electrons. The van der Waals surface area contributed by atoms with Crippen molar-refractivity contribution in [3.63, 3.8) is 0 Å². The van der Waals surface area contributed by atoms with Crippen LogP contribution >= 0.6 is 0 Å². The van der Waals surface area contributed by atoms with Crippen molar-refractivity contribution < 1.29 is 0 Å². The van der Waals surface area contributed by atoms with Crippen molar-refractivity contribution in [2.24, 2.45) is 0 Å². The molecule has 0 aromatic carbocycles. The molecular weight excluding hydrogens is 472 g/mol. The van der Waals surface area contributed by atoms with Gasteiger partial charge in [-0.15, -0.1) is 0 Å². The Hall–Kier alpha value is -0.790. The topological polar surface area (TPSA) is 27.0 Å². The maximum absolute atomic E-state index is 4.60. The molecule has 0 bridgehead atoms. The molecule has 0 fully saturated rings. The van der Waals surface area contributed by atoms with Gasteiger partial charge in [-0.05, 0) is 25.7 Å². The highest BCUT2D eigenvalue weighted by molar-refractivity contribution is 5.10. The van der Waals surface area contributed by atoms with Crippen LogP contribution in [-0.2, 0) is 12.8 Å². The molecule has 0 spiro atoms. The van der Waals surface area contributed by atoms with E-state index in [0.29, 0.717) is 0 Å². The van der Waals surface area contributed by atoms with E-state index in [2.05, 4.69) is 23.8 Å². The van der Waals surface area contributed by atoms with Gasteiger partial charge in [0.25, 0.3) is 0 Å². The minimum absolute atomic E-state index is 1.15. The molecule has 0 N–H and O–H groups in total. The van der Waals surface area contributed by atoms with Gasteiger partial charge in [-0.2, -0.15) is 0 Å². The molecule has 39 heavy (non-hydrogen) atoms. The third-order valence-electron chi connectivity index (χ3n) is 8.79. The summed E-state index contributed by atoms with van der Waals surface area (Å²) in [6.07, 6.45) is 46.9. The molecule has 0 atom stereocenters. The van der Waals surface area contributed by atoms with Gasteiger partial charge in [-0.25, -0.2) is 0 Å². The van der Waals surface area contributed by atoms with Crippen LogP contribution in [0.25, 0.3) is 0 Å². The fourth-order valence-electron chi connectivity index (χ4n) is 6.06. The van der Waals surface area contributed by atoms with Crippen LogP contribution in [0.4, 0.5) is 0 Å². The van der Waals surface area contributed by atoms with Crippen LogP contribution < -0.4 is 4.98 Å². The molecule has 0 saturated carbocycles. The first-order chi connectivity index (χ1) is 19.4. The van der Waals surface area contributed by atoms with Crippen LogP contribution in [0.1, 0.15) is 218 Å². The van der Waals surface area contributed by atoms with Gasteiger partial charge >= 0.3 is 0 Å². The first-order valence-corrected chi connectivity index (χ1v) is 18.3. The van der Waals surface area contributed by atoms with E-state index in [-0.39, 0.29) is 0 Å². The van der Waals surface area contributed by atoms with Crippen molar-refractivity contribution in [1.82, 2.24) is 9.97 Å². The largest absolute Gasteiger partial charge is 0.447 e. The first kappa shape index (κ1) is 36.2. The lowest BCUT2D eigenvalue weighted by atomic mass is 10.0. The van der Waals surface area contributed by atoms with Gasteiger partial charge in [0, 0.05) is 0 Å². The highest BCUT2D eigenvalue weighted by Gasteiger charge is 2.00. The second-order valence-electron chi connectivity index (χ2n) is 12.7. The van der Waals surface area contributed by atoms with Gasteiger partial charge in [-0.1, -0.05) is 211 Å². The molecule has 0 radical (unpaired) electrons. The maximum Gasteiger partial charge on any atom is -0.0319 e. The lowest BCUT2D eigenvalue weighted by Crippen LogP contribution is -1.96. The van der Waals surface area contributed by atoms with Gasteiger partial charge in [0.15, 0.2) is 0 Å². The van der Waals surface area contributed by atoms with E-state index in [1.165, 1.54) is 204 Å². The Labute approximate surface area is 246 Å². The van der Waals surface area contributed by atoms with E-state index in [1.54, 1.807) is 6.33 Å². The summed E-state index contributed by atoms with van der Waals surface area (Å²) >= 11 is 0. The monoisotopic (exact) mass is 544 g/mol. The normalized spacial score (nSPS) is 11.5. The average Bonchev–Trinajstić information content (AvgIpc) is 3.40. The zero-order valence-electron chi connectivity index (χ0n) is 27.1. The summed E-state index contributed by atoms with van der Waals surface area (Å²) in [7, 11) is 0. The van der Waals surface area contributed by atoms with Crippen LogP contribution in [0.15, 0.2) is 6.33 Å². The molecule has 1 rings (SSSR count). The standard InChI is InChI=1S/C37H71N2/c1-3-5-7-9-11-13-15-17-19-21-23-25-27-29-31-33-36-37(39-35-38-36)34-32-30-28-26-24-22-20-18-16-14-12-10-8-6-4-2/h35H,3-34H2,1-2H3/q-1. The number of aromatic nitrogens is 2. The van der Waals surface area contributed by atoms with Crippen molar-refractivity contribution in [3.05, 3.63) is 17.7 Å². The number of hydrogen-bond acceptors (Lipinski definition) is 1. The molecule has 0 aliphatic heterocycles. The third-order valence-corrected chi connectivity index (χ3v) is 8.79. The Kier molecular flexibility index (Phi) is 28.0. The molecule has 2 nitrogen and oxygen atoms in total. The van der Waals surface area contributed by atoms with Crippen molar-refractivity contribution in [1.29, 1.82) is 0 Å². The summed E-state index contributed by atoms with van der Waals surface area (Å²) in [6, 6.07) is 0. The molecule has 0 aliphatic carbocycles. The predicted molar refractivity (Wildman–Crippen MR) is 175 cm³/mol. The molecule has 1 aromatic heterocycles. The molecule has 2 heteroatoms. The summed E-state index contributed by atoms with van der Waals surface area (Å²) in [4.78, 5) is 9.19. The number of nitrogens with zero attached hydrogens (tertiary/aromatic N) is 2. The van der Waals surface area contributed by atoms with Crippen LogP contribution in [0.3, 0.4) is 0 Å². The van der Waals surface area contributed by atoms with Gasteiger partial charge in [0.1, 0.15) is 0 Å². The smallest absolute Gasteiger partial charge is 0.0319 e. The number of unbranched alkanes of at least 4 members (excludes halogenated alkanes) is 28. The van der Waals surface area contributed by atoms with E-state index in [0.717, 1.165) is 12.8 Å². The Morgan fingerprint density at radius 1 is 0.385 bits per heavy atom. The zero-order chi connectivity index (χ0) is 27.9. The summed E-state index contributed by atoms with van der Waals surface area (Å²) in [5.41, 5.74) is 2.60. The van der Waals surface area contributed by atoms with Gasteiger partial charge in [0.05, 0.1) is 0 Å². The lowest BCUT2D eigenvalue weighted by Gasteiger charge is -2.09. The van der Waals surface area contributed by atoms with Crippen LogP contribution in [0.2, 0.25) is 0 Å². The summed E-state index contributed by atoms with van der Waals surface area (Å²) in [5.74, 6) is 0. The fourth-order valence-corrected chi connectivity index (χ4v) is 6.06. The van der Waals surface area contributed by atoms with Gasteiger partial charge < -0.3 is 9.97 Å². The SMILES string of the molecule is CCCCCCCCCCCCCCCCCc1nc[n-]c1CCCCCCCCCCCCCCCCC. The molecule has 0 unspecified atom stereocenters. The van der Waals surface area contributed by atoms with Crippen LogP contribution in [0.5, 0.6) is 0 Å². The maximum atomic E-state index is 4.60. The first-order valence-electron chi connectivity index (χ1n) is 18.3. The lowest BCUT2D eigenvalue weighted by molar-refractivity contribution is 0.530. The Morgan fingerprint density at radius 2 is 0.667 bits per heavy atom. The van der Waals surface area contributed by atoms with E-state index in [9.17, 15) is 0 Å². The molecular formula is C37H71N2-. The Morgan fingerprint density at radius 3 is 1.00 bits per heavy atom. The Balaban J connectivity index is 1.83. The van der Waals surface area contributed by atoms with Crippen molar-refractivity contribution in [3.8, 4) is 0 Å². The van der Waals surface area contributed by atoms with Crippen LogP contribution in [-0.4, -0.2) is 4.98 Å². The third kappa shape index (κ3) is 24.7. The summed E-state index contributed by atoms with van der Waals surface area (Å²) in [5, 5.41) is 0. The number of aryl methyl sites for hydroxylation is 2. The van der Waals surface area contributed by atoms with E-state index in [4.69, 9.17) is 0 Å². The highest BCUT2D eigenvalue weighted by atomic mass is 14.9. The molecule has 0 aliphatic rings. The molecule has 0 amide bonds. The summed E-state index contributed by atoms with van der Waals surface area (Å²) in [6.45, 7) is 4.60.